The van der Waals surface area contributed by atoms with Crippen LogP contribution in [0.5, 0.6) is 0 Å². The summed E-state index contributed by atoms with van der Waals surface area (Å²) >= 11 is 1.71. The zero-order chi connectivity index (χ0) is 10.7. The van der Waals surface area contributed by atoms with Crippen molar-refractivity contribution in [2.45, 2.75) is 32.6 Å². The fourth-order valence-corrected chi connectivity index (χ4v) is 2.64. The van der Waals surface area contributed by atoms with Crippen LogP contribution in [-0.2, 0) is 11.2 Å². The number of thiophene rings is 1. The molecule has 0 atom stereocenters. The van der Waals surface area contributed by atoms with Gasteiger partial charge in [0.05, 0.1) is 6.42 Å². The molecule has 3 heteroatoms. The molecule has 1 aliphatic rings. The van der Waals surface area contributed by atoms with Gasteiger partial charge in [-0.05, 0) is 37.8 Å². The highest BCUT2D eigenvalue weighted by atomic mass is 32.1. The summed E-state index contributed by atoms with van der Waals surface area (Å²) in [5.41, 5.74) is 0. The molecule has 15 heavy (non-hydrogen) atoms. The van der Waals surface area contributed by atoms with Crippen molar-refractivity contribution in [3.05, 3.63) is 21.9 Å². The van der Waals surface area contributed by atoms with Crippen molar-refractivity contribution in [2.75, 3.05) is 6.54 Å². The second-order valence-corrected chi connectivity index (χ2v) is 5.66. The van der Waals surface area contributed by atoms with Crippen LogP contribution in [0.25, 0.3) is 0 Å². The maximum atomic E-state index is 11.6. The Bertz CT molecular complexity index is 341. The summed E-state index contributed by atoms with van der Waals surface area (Å²) in [5, 5.41) is 3.01. The molecule has 1 aliphatic carbocycles. The number of nitrogens with one attached hydrogen (secondary N) is 1. The first-order chi connectivity index (χ1) is 7.24. The first-order valence-corrected chi connectivity index (χ1v) is 6.37. The van der Waals surface area contributed by atoms with Crippen LogP contribution in [0.2, 0.25) is 0 Å². The standard InChI is InChI=1S/C12H17NOS/c1-9-5-6-11(15-9)7-12(14)13-8-10-3-2-4-10/h5-6,10H,2-4,7-8H2,1H3,(H,13,14). The molecule has 1 saturated carbocycles. The molecule has 0 spiro atoms. The van der Waals surface area contributed by atoms with Crippen LogP contribution in [0.15, 0.2) is 12.1 Å². The molecule has 0 aromatic carbocycles. The van der Waals surface area contributed by atoms with Crippen molar-refractivity contribution in [3.8, 4) is 0 Å². The Morgan fingerprint density at radius 1 is 1.53 bits per heavy atom. The number of hydrogen-bond donors (Lipinski definition) is 1. The van der Waals surface area contributed by atoms with Crippen molar-refractivity contribution in [2.24, 2.45) is 5.92 Å². The largest absolute Gasteiger partial charge is 0.356 e. The van der Waals surface area contributed by atoms with E-state index in [1.165, 1.54) is 29.0 Å². The van der Waals surface area contributed by atoms with E-state index in [0.717, 1.165) is 12.5 Å². The Balaban J connectivity index is 1.71. The minimum atomic E-state index is 0.170. The van der Waals surface area contributed by atoms with E-state index in [0.29, 0.717) is 6.42 Å². The van der Waals surface area contributed by atoms with E-state index in [9.17, 15) is 4.79 Å². The molecule has 0 radical (unpaired) electrons. The predicted octanol–water partition coefficient (Wildman–Crippen LogP) is 2.52. The summed E-state index contributed by atoms with van der Waals surface area (Å²) in [6, 6.07) is 4.11. The van der Waals surface area contributed by atoms with Gasteiger partial charge in [0.1, 0.15) is 0 Å². The van der Waals surface area contributed by atoms with Gasteiger partial charge >= 0.3 is 0 Å². The lowest BCUT2D eigenvalue weighted by Gasteiger charge is -2.25. The van der Waals surface area contributed by atoms with E-state index in [-0.39, 0.29) is 5.91 Å². The number of amides is 1. The molecular weight excluding hydrogens is 206 g/mol. The SMILES string of the molecule is Cc1ccc(CC(=O)NCC2CCC2)s1. The molecule has 1 aromatic rings. The lowest BCUT2D eigenvalue weighted by atomic mass is 9.85. The molecule has 1 aromatic heterocycles. The van der Waals surface area contributed by atoms with E-state index in [4.69, 9.17) is 0 Å². The number of carbonyl (C=O) groups is 1. The van der Waals surface area contributed by atoms with Crippen molar-refractivity contribution < 1.29 is 4.79 Å². The molecule has 1 N–H and O–H groups in total. The van der Waals surface area contributed by atoms with Gasteiger partial charge in [0.2, 0.25) is 5.91 Å². The van der Waals surface area contributed by atoms with Crippen molar-refractivity contribution in [1.82, 2.24) is 5.32 Å². The Hall–Kier alpha value is -0.830. The smallest absolute Gasteiger partial charge is 0.225 e. The molecule has 0 saturated heterocycles. The van der Waals surface area contributed by atoms with Crippen LogP contribution >= 0.6 is 11.3 Å². The second kappa shape index (κ2) is 4.79. The van der Waals surface area contributed by atoms with Gasteiger partial charge < -0.3 is 5.32 Å². The summed E-state index contributed by atoms with van der Waals surface area (Å²) in [7, 11) is 0. The van der Waals surface area contributed by atoms with Crippen LogP contribution in [0.3, 0.4) is 0 Å². The molecule has 2 rings (SSSR count). The Labute approximate surface area is 94.7 Å². The highest BCUT2D eigenvalue weighted by Gasteiger charge is 2.17. The van der Waals surface area contributed by atoms with Crippen LogP contribution < -0.4 is 5.32 Å². The quantitative estimate of drug-likeness (QED) is 0.835. The number of hydrogen-bond acceptors (Lipinski definition) is 2. The van der Waals surface area contributed by atoms with Crippen molar-refractivity contribution in [1.29, 1.82) is 0 Å². The van der Waals surface area contributed by atoms with Gasteiger partial charge in [-0.2, -0.15) is 0 Å². The van der Waals surface area contributed by atoms with Crippen LogP contribution in [-0.4, -0.2) is 12.5 Å². The Morgan fingerprint density at radius 3 is 2.87 bits per heavy atom. The molecule has 1 heterocycles. The van der Waals surface area contributed by atoms with Crippen molar-refractivity contribution >= 4 is 17.2 Å². The predicted molar refractivity (Wildman–Crippen MR) is 63.1 cm³/mol. The third-order valence-electron chi connectivity index (χ3n) is 2.94. The normalized spacial score (nSPS) is 16.1. The molecular formula is C12H17NOS. The average molecular weight is 223 g/mol. The van der Waals surface area contributed by atoms with Gasteiger partial charge in [0, 0.05) is 16.3 Å². The minimum absolute atomic E-state index is 0.170. The average Bonchev–Trinajstić information content (AvgIpc) is 2.48. The number of aryl methyl sites for hydroxylation is 1. The summed E-state index contributed by atoms with van der Waals surface area (Å²) in [6.45, 7) is 2.95. The summed E-state index contributed by atoms with van der Waals surface area (Å²) < 4.78 is 0. The number of carbonyl (C=O) groups excluding carboxylic acids is 1. The lowest BCUT2D eigenvalue weighted by Crippen LogP contribution is -2.32. The summed E-state index contributed by atoms with van der Waals surface area (Å²) in [5.74, 6) is 0.919. The summed E-state index contributed by atoms with van der Waals surface area (Å²) in [6.07, 6.45) is 4.46. The second-order valence-electron chi connectivity index (χ2n) is 4.29. The summed E-state index contributed by atoms with van der Waals surface area (Å²) in [4.78, 5) is 14.0. The molecule has 2 nitrogen and oxygen atoms in total. The maximum absolute atomic E-state index is 11.6. The Morgan fingerprint density at radius 2 is 2.33 bits per heavy atom. The van der Waals surface area contributed by atoms with Crippen LogP contribution in [0.1, 0.15) is 29.0 Å². The van der Waals surface area contributed by atoms with Gasteiger partial charge in [-0.1, -0.05) is 6.42 Å². The molecule has 0 bridgehead atoms. The van der Waals surface area contributed by atoms with E-state index in [2.05, 4.69) is 18.3 Å². The first kappa shape index (κ1) is 10.7. The minimum Gasteiger partial charge on any atom is -0.356 e. The number of rotatable bonds is 4. The lowest BCUT2D eigenvalue weighted by molar-refractivity contribution is -0.120. The maximum Gasteiger partial charge on any atom is 0.225 e. The molecule has 0 aliphatic heterocycles. The van der Waals surface area contributed by atoms with E-state index in [1.54, 1.807) is 11.3 Å². The first-order valence-electron chi connectivity index (χ1n) is 5.56. The van der Waals surface area contributed by atoms with Crippen LogP contribution in [0, 0.1) is 12.8 Å². The van der Waals surface area contributed by atoms with E-state index >= 15 is 0 Å². The van der Waals surface area contributed by atoms with Gasteiger partial charge in [-0.25, -0.2) is 0 Å². The third-order valence-corrected chi connectivity index (χ3v) is 3.94. The third kappa shape index (κ3) is 3.06. The molecule has 1 fully saturated rings. The zero-order valence-corrected chi connectivity index (χ0v) is 9.90. The van der Waals surface area contributed by atoms with Gasteiger partial charge in [0.25, 0.3) is 0 Å². The van der Waals surface area contributed by atoms with E-state index < -0.39 is 0 Å². The zero-order valence-electron chi connectivity index (χ0n) is 9.08. The Kier molecular flexibility index (Phi) is 3.41. The topological polar surface area (TPSA) is 29.1 Å². The van der Waals surface area contributed by atoms with Crippen molar-refractivity contribution in [3.63, 3.8) is 0 Å². The fraction of sp³-hybridized carbons (Fsp3) is 0.583. The molecule has 0 unspecified atom stereocenters. The molecule has 82 valence electrons. The van der Waals surface area contributed by atoms with E-state index in [1.807, 2.05) is 6.07 Å². The fourth-order valence-electron chi connectivity index (χ4n) is 1.76. The van der Waals surface area contributed by atoms with Gasteiger partial charge in [0.15, 0.2) is 0 Å². The van der Waals surface area contributed by atoms with Crippen LogP contribution in [0.4, 0.5) is 0 Å². The molecule has 1 amide bonds. The van der Waals surface area contributed by atoms with Gasteiger partial charge in [-0.15, -0.1) is 11.3 Å². The monoisotopic (exact) mass is 223 g/mol. The highest BCUT2D eigenvalue weighted by Crippen LogP contribution is 2.25. The van der Waals surface area contributed by atoms with Gasteiger partial charge in [-0.3, -0.25) is 4.79 Å². The highest BCUT2D eigenvalue weighted by molar-refractivity contribution is 7.12.